The summed E-state index contributed by atoms with van der Waals surface area (Å²) in [5.74, 6) is 0. The Bertz CT molecular complexity index is 6.49. The van der Waals surface area contributed by atoms with Crippen LogP contribution in [0.25, 0.3) is 12.3 Å². The molecule has 64 valence electrons. The standard InChI is InChI=1S/6Fe.2H2N/h;;;;;;2*1H2/q;;;;;;2*-1. The van der Waals surface area contributed by atoms with Crippen molar-refractivity contribution in [3.8, 4) is 0 Å². The average molecular weight is 367 g/mol. The van der Waals surface area contributed by atoms with Gasteiger partial charge in [0.25, 0.3) is 0 Å². The van der Waals surface area contributed by atoms with E-state index in [1.165, 1.54) is 0 Å². The predicted molar refractivity (Wildman–Crippen MR) is 10.6 cm³/mol. The zero-order valence-corrected chi connectivity index (χ0v) is 9.90. The first-order valence-corrected chi connectivity index (χ1v) is 0. The molecule has 8 heavy (non-hydrogen) atoms. The Morgan fingerprint density at radius 2 is 0.250 bits per heavy atom. The fourth-order valence-electron chi connectivity index (χ4n) is 0. The van der Waals surface area contributed by atoms with Gasteiger partial charge in [0, 0.05) is 102 Å². The van der Waals surface area contributed by atoms with Crippen molar-refractivity contribution < 1.29 is 102 Å². The molecule has 0 heterocycles. The fraction of sp³-hybridized carbons (Fsp3) is 0. The van der Waals surface area contributed by atoms with E-state index in [-0.39, 0.29) is 115 Å². The fourth-order valence-corrected chi connectivity index (χ4v) is 0. The number of rotatable bonds is 0. The molecule has 0 fully saturated rings. The second kappa shape index (κ2) is 88.9. The number of hydrogen-bond acceptors (Lipinski definition) is 0. The summed E-state index contributed by atoms with van der Waals surface area (Å²) in [6.07, 6.45) is 0. The average Bonchev–Trinajstić information content (AvgIpc) is 0. The van der Waals surface area contributed by atoms with Crippen LogP contribution in [0.3, 0.4) is 0 Å². The van der Waals surface area contributed by atoms with Gasteiger partial charge in [-0.3, -0.25) is 0 Å². The smallest absolute Gasteiger partial charge is 0 e. The molecule has 0 aliphatic carbocycles. The van der Waals surface area contributed by atoms with Crippen molar-refractivity contribution in [2.75, 3.05) is 0 Å². The molecular weight excluding hydrogens is 363 g/mol. The molecule has 4 N–H and O–H groups in total. The van der Waals surface area contributed by atoms with Crippen molar-refractivity contribution in [3.05, 3.63) is 12.3 Å². The first-order chi connectivity index (χ1) is 0. The third-order valence-electron chi connectivity index (χ3n) is 0. The van der Waals surface area contributed by atoms with Crippen LogP contribution in [0.15, 0.2) is 0 Å². The minimum absolute atomic E-state index is 0. The van der Waals surface area contributed by atoms with E-state index in [1.807, 2.05) is 0 Å². The molecule has 0 radical (unpaired) electrons. The van der Waals surface area contributed by atoms with Crippen LogP contribution in [0.1, 0.15) is 0 Å². The van der Waals surface area contributed by atoms with Gasteiger partial charge < -0.3 is 12.3 Å². The number of hydrogen-bond donors (Lipinski definition) is 0. The Kier molecular flexibility index (Phi) is 1340. The van der Waals surface area contributed by atoms with Gasteiger partial charge in [0.2, 0.25) is 0 Å². The molecule has 0 saturated carbocycles. The Morgan fingerprint density at radius 3 is 0.250 bits per heavy atom. The molecule has 0 aromatic heterocycles. The van der Waals surface area contributed by atoms with Crippen molar-refractivity contribution in [2.24, 2.45) is 0 Å². The second-order valence-corrected chi connectivity index (χ2v) is 0. The molecule has 0 spiro atoms. The van der Waals surface area contributed by atoms with Gasteiger partial charge in [-0.1, -0.05) is 0 Å². The van der Waals surface area contributed by atoms with E-state index in [4.69, 9.17) is 0 Å². The summed E-state index contributed by atoms with van der Waals surface area (Å²) >= 11 is 0. The Balaban J connectivity index is 0. The summed E-state index contributed by atoms with van der Waals surface area (Å²) < 4.78 is 0. The maximum Gasteiger partial charge on any atom is 0 e. The molecular formula is H4Fe6N2-2. The van der Waals surface area contributed by atoms with Crippen LogP contribution in [0, 0.1) is 0 Å². The van der Waals surface area contributed by atoms with Gasteiger partial charge >= 0.3 is 0 Å². The first kappa shape index (κ1) is 121. The maximum atomic E-state index is 0. The summed E-state index contributed by atoms with van der Waals surface area (Å²) in [5, 5.41) is 0. The molecule has 2 nitrogen and oxygen atoms in total. The summed E-state index contributed by atoms with van der Waals surface area (Å²) in [6, 6.07) is 0. The maximum absolute atomic E-state index is 0. The monoisotopic (exact) mass is 368 g/mol. The van der Waals surface area contributed by atoms with Crippen LogP contribution in [0.2, 0.25) is 0 Å². The van der Waals surface area contributed by atoms with Crippen LogP contribution in [0.4, 0.5) is 0 Å². The van der Waals surface area contributed by atoms with Crippen molar-refractivity contribution in [1.82, 2.24) is 0 Å². The zero-order valence-electron chi connectivity index (χ0n) is 3.28. The van der Waals surface area contributed by atoms with E-state index >= 15 is 0 Å². The van der Waals surface area contributed by atoms with Gasteiger partial charge in [-0.05, 0) is 0 Å². The van der Waals surface area contributed by atoms with E-state index in [9.17, 15) is 0 Å². The molecule has 0 unspecified atom stereocenters. The van der Waals surface area contributed by atoms with Gasteiger partial charge in [0.15, 0.2) is 0 Å². The molecule has 0 aliphatic rings. The third kappa shape index (κ3) is 63.3. The quantitative estimate of drug-likeness (QED) is 0.582. The Morgan fingerprint density at radius 1 is 0.250 bits per heavy atom. The summed E-state index contributed by atoms with van der Waals surface area (Å²) in [6.45, 7) is 0. The molecule has 0 amide bonds. The largest absolute Gasteiger partial charge is 0.693 e. The van der Waals surface area contributed by atoms with Gasteiger partial charge in [0.05, 0.1) is 0 Å². The van der Waals surface area contributed by atoms with Gasteiger partial charge in [-0.25, -0.2) is 0 Å². The van der Waals surface area contributed by atoms with E-state index in [2.05, 4.69) is 0 Å². The molecule has 0 aromatic carbocycles. The number of nitrogens with two attached hydrogens (primary N) is 2. The van der Waals surface area contributed by atoms with E-state index in [0.717, 1.165) is 0 Å². The van der Waals surface area contributed by atoms with Crippen molar-refractivity contribution in [3.63, 3.8) is 0 Å². The molecule has 0 atom stereocenters. The van der Waals surface area contributed by atoms with E-state index < -0.39 is 0 Å². The van der Waals surface area contributed by atoms with Crippen LogP contribution >= 0.6 is 0 Å². The molecule has 0 saturated heterocycles. The topological polar surface area (TPSA) is 67.0 Å². The third-order valence-corrected chi connectivity index (χ3v) is 0. The van der Waals surface area contributed by atoms with Gasteiger partial charge in [-0.15, -0.1) is 0 Å². The SMILES string of the molecule is [Fe].[Fe].[Fe].[Fe].[Fe].[Fe].[NH2-].[NH2-]. The van der Waals surface area contributed by atoms with Crippen LogP contribution in [-0.4, -0.2) is 0 Å². The molecule has 0 rings (SSSR count). The molecule has 0 aliphatic heterocycles. The minimum Gasteiger partial charge on any atom is -0.693 e. The van der Waals surface area contributed by atoms with Crippen LogP contribution < -0.4 is 0 Å². The van der Waals surface area contributed by atoms with Crippen LogP contribution in [-0.2, 0) is 102 Å². The summed E-state index contributed by atoms with van der Waals surface area (Å²) in [7, 11) is 0. The van der Waals surface area contributed by atoms with Crippen molar-refractivity contribution in [1.29, 1.82) is 0 Å². The Labute approximate surface area is 113 Å². The molecule has 8 heteroatoms. The molecule has 0 aromatic rings. The van der Waals surface area contributed by atoms with Crippen molar-refractivity contribution in [2.45, 2.75) is 0 Å². The van der Waals surface area contributed by atoms with Gasteiger partial charge in [0.1, 0.15) is 0 Å². The summed E-state index contributed by atoms with van der Waals surface area (Å²) in [4.78, 5) is 0. The Hall–Kier alpha value is 3.04. The first-order valence-electron chi connectivity index (χ1n) is 0. The van der Waals surface area contributed by atoms with Crippen LogP contribution in [0.5, 0.6) is 0 Å². The van der Waals surface area contributed by atoms with E-state index in [1.54, 1.807) is 0 Å². The van der Waals surface area contributed by atoms with Crippen molar-refractivity contribution >= 4 is 0 Å². The minimum atomic E-state index is 0. The predicted octanol–water partition coefficient (Wildman–Crippen LogP) is 1.42. The normalized spacial score (nSPS) is 0. The zero-order chi connectivity index (χ0) is 0. The van der Waals surface area contributed by atoms with Gasteiger partial charge in [-0.2, -0.15) is 0 Å². The van der Waals surface area contributed by atoms with E-state index in [0.29, 0.717) is 0 Å². The molecule has 0 bridgehead atoms. The second-order valence-electron chi connectivity index (χ2n) is 0. The summed E-state index contributed by atoms with van der Waals surface area (Å²) in [5.41, 5.74) is 0.